The van der Waals surface area contributed by atoms with Gasteiger partial charge in [0.25, 0.3) is 0 Å². The summed E-state index contributed by atoms with van der Waals surface area (Å²) in [5.41, 5.74) is 0.694. The van der Waals surface area contributed by atoms with E-state index < -0.39 is 5.97 Å². The minimum absolute atomic E-state index is 0.289. The lowest BCUT2D eigenvalue weighted by molar-refractivity contribution is 0.0457. The van der Waals surface area contributed by atoms with E-state index in [2.05, 4.69) is 0 Å². The molecule has 0 unspecified atom stereocenters. The third kappa shape index (κ3) is 3.20. The molecule has 1 aromatic rings. The van der Waals surface area contributed by atoms with Gasteiger partial charge >= 0.3 is 5.97 Å². The van der Waals surface area contributed by atoms with Gasteiger partial charge in [0.15, 0.2) is 6.29 Å². The average molecular weight is 206 g/mol. The number of hydrogen-bond acceptors (Lipinski definition) is 3. The fourth-order valence-electron chi connectivity index (χ4n) is 1.11. The van der Waals surface area contributed by atoms with E-state index in [4.69, 9.17) is 4.74 Å². The second-order valence-electron chi connectivity index (χ2n) is 3.70. The van der Waals surface area contributed by atoms with E-state index in [1.807, 2.05) is 13.8 Å². The average Bonchev–Trinajstić information content (AvgIpc) is 2.25. The molecule has 0 amide bonds. The number of rotatable bonds is 4. The van der Waals surface area contributed by atoms with Crippen LogP contribution in [0.5, 0.6) is 0 Å². The van der Waals surface area contributed by atoms with Gasteiger partial charge in [-0.3, -0.25) is 4.79 Å². The van der Waals surface area contributed by atoms with Crippen LogP contribution < -0.4 is 0 Å². The van der Waals surface area contributed by atoms with Gasteiger partial charge in [-0.2, -0.15) is 0 Å². The molecule has 15 heavy (non-hydrogen) atoms. The van der Waals surface area contributed by atoms with E-state index >= 15 is 0 Å². The normalized spacial score (nSPS) is 10.1. The zero-order valence-electron chi connectivity index (χ0n) is 8.90. The smallest absolute Gasteiger partial charge is 0.338 e. The molecule has 0 saturated carbocycles. The van der Waals surface area contributed by atoms with Crippen LogP contribution >= 0.6 is 0 Å². The lowest BCUT2D eigenvalue weighted by Gasteiger charge is -2.08. The first kappa shape index (κ1) is 11.4. The molecule has 0 aliphatic carbocycles. The number of carbonyl (C=O) groups is 2. The van der Waals surface area contributed by atoms with Gasteiger partial charge in [0.1, 0.15) is 0 Å². The molecule has 80 valence electrons. The van der Waals surface area contributed by atoms with Crippen LogP contribution in [0.2, 0.25) is 0 Å². The Balaban J connectivity index is 2.77. The molecule has 0 bridgehead atoms. The number of benzene rings is 1. The van der Waals surface area contributed by atoms with Gasteiger partial charge in [-0.25, -0.2) is 4.79 Å². The van der Waals surface area contributed by atoms with Crippen molar-refractivity contribution in [3.8, 4) is 0 Å². The summed E-state index contributed by atoms with van der Waals surface area (Å²) in [6.45, 7) is 4.28. The van der Waals surface area contributed by atoms with Crippen LogP contribution in [-0.2, 0) is 4.74 Å². The van der Waals surface area contributed by atoms with Crippen molar-refractivity contribution in [1.29, 1.82) is 0 Å². The van der Waals surface area contributed by atoms with Crippen LogP contribution in [0.4, 0.5) is 0 Å². The molecule has 0 aliphatic rings. The predicted molar refractivity (Wildman–Crippen MR) is 57.0 cm³/mol. The summed E-state index contributed by atoms with van der Waals surface area (Å²) in [5, 5.41) is 0. The molecular formula is C12H14O3. The Morgan fingerprint density at radius 3 is 2.67 bits per heavy atom. The molecule has 0 heterocycles. The molecule has 3 heteroatoms. The van der Waals surface area contributed by atoms with E-state index in [9.17, 15) is 9.59 Å². The second-order valence-corrected chi connectivity index (χ2v) is 3.70. The maximum Gasteiger partial charge on any atom is 0.338 e. The maximum absolute atomic E-state index is 11.5. The summed E-state index contributed by atoms with van der Waals surface area (Å²) < 4.78 is 5.03. The monoisotopic (exact) mass is 206 g/mol. The van der Waals surface area contributed by atoms with E-state index in [0.717, 1.165) is 0 Å². The molecule has 1 rings (SSSR count). The molecule has 0 spiro atoms. The second kappa shape index (κ2) is 5.29. The summed E-state index contributed by atoms with van der Waals surface area (Å²) in [6, 6.07) is 6.60. The zero-order valence-corrected chi connectivity index (χ0v) is 8.90. The third-order valence-corrected chi connectivity index (χ3v) is 1.86. The van der Waals surface area contributed by atoms with Crippen molar-refractivity contribution in [2.75, 3.05) is 6.61 Å². The van der Waals surface area contributed by atoms with Gasteiger partial charge in [-0.15, -0.1) is 0 Å². The van der Waals surface area contributed by atoms with Gasteiger partial charge in [0, 0.05) is 5.56 Å². The van der Waals surface area contributed by atoms with Crippen LogP contribution in [0.3, 0.4) is 0 Å². The summed E-state index contributed by atoms with van der Waals surface area (Å²) >= 11 is 0. The Labute approximate surface area is 89.1 Å². The van der Waals surface area contributed by atoms with E-state index in [-0.39, 0.29) is 5.92 Å². The lowest BCUT2D eigenvalue weighted by Crippen LogP contribution is -2.11. The molecule has 3 nitrogen and oxygen atoms in total. The zero-order chi connectivity index (χ0) is 11.3. The van der Waals surface area contributed by atoms with Crippen molar-refractivity contribution < 1.29 is 14.3 Å². The van der Waals surface area contributed by atoms with E-state index in [1.165, 1.54) is 0 Å². The Bertz CT molecular complexity index is 356. The lowest BCUT2D eigenvalue weighted by atomic mass is 10.1. The van der Waals surface area contributed by atoms with E-state index in [0.29, 0.717) is 24.0 Å². The summed E-state index contributed by atoms with van der Waals surface area (Å²) in [4.78, 5) is 22.2. The van der Waals surface area contributed by atoms with Crippen molar-refractivity contribution in [1.82, 2.24) is 0 Å². The molecule has 0 fully saturated rings. The minimum atomic E-state index is -0.439. The highest BCUT2D eigenvalue weighted by Gasteiger charge is 2.11. The highest BCUT2D eigenvalue weighted by atomic mass is 16.5. The number of esters is 1. The van der Waals surface area contributed by atoms with Crippen LogP contribution in [0.25, 0.3) is 0 Å². The standard InChI is InChI=1S/C12H14O3/c1-9(2)8-15-12(14)11-6-4-3-5-10(11)7-13/h3-7,9H,8H2,1-2H3. The Morgan fingerprint density at radius 2 is 2.07 bits per heavy atom. The van der Waals surface area contributed by atoms with Gasteiger partial charge in [0.05, 0.1) is 12.2 Å². The molecule has 0 saturated heterocycles. The Kier molecular flexibility index (Phi) is 4.03. The SMILES string of the molecule is CC(C)COC(=O)c1ccccc1C=O. The Hall–Kier alpha value is -1.64. The molecular weight excluding hydrogens is 192 g/mol. The quantitative estimate of drug-likeness (QED) is 0.561. The Morgan fingerprint density at radius 1 is 1.40 bits per heavy atom. The van der Waals surface area contributed by atoms with Gasteiger partial charge < -0.3 is 4.74 Å². The highest BCUT2D eigenvalue weighted by Crippen LogP contribution is 2.08. The summed E-state index contributed by atoms with van der Waals surface area (Å²) in [6.07, 6.45) is 0.659. The minimum Gasteiger partial charge on any atom is -0.462 e. The van der Waals surface area contributed by atoms with Crippen molar-refractivity contribution >= 4 is 12.3 Å². The summed E-state index contributed by atoms with van der Waals surface area (Å²) in [7, 11) is 0. The molecule has 0 aliphatic heterocycles. The van der Waals surface area contributed by atoms with Crippen LogP contribution in [-0.4, -0.2) is 18.9 Å². The highest BCUT2D eigenvalue weighted by molar-refractivity contribution is 5.98. The maximum atomic E-state index is 11.5. The first-order valence-electron chi connectivity index (χ1n) is 4.86. The molecule has 0 radical (unpaired) electrons. The van der Waals surface area contributed by atoms with E-state index in [1.54, 1.807) is 24.3 Å². The first-order valence-corrected chi connectivity index (χ1v) is 4.86. The van der Waals surface area contributed by atoms with Crippen molar-refractivity contribution in [3.63, 3.8) is 0 Å². The van der Waals surface area contributed by atoms with Crippen molar-refractivity contribution in [2.45, 2.75) is 13.8 Å². The fraction of sp³-hybridized carbons (Fsp3) is 0.333. The third-order valence-electron chi connectivity index (χ3n) is 1.86. The van der Waals surface area contributed by atoms with Gasteiger partial charge in [-0.1, -0.05) is 32.0 Å². The number of ether oxygens (including phenoxy) is 1. The summed E-state index contributed by atoms with van der Waals surface area (Å²) in [5.74, 6) is -0.149. The first-order chi connectivity index (χ1) is 7.15. The van der Waals surface area contributed by atoms with Crippen LogP contribution in [0.1, 0.15) is 34.6 Å². The molecule has 1 aromatic carbocycles. The van der Waals surface area contributed by atoms with Crippen LogP contribution in [0.15, 0.2) is 24.3 Å². The predicted octanol–water partition coefficient (Wildman–Crippen LogP) is 2.31. The molecule has 0 atom stereocenters. The van der Waals surface area contributed by atoms with Crippen LogP contribution in [0, 0.1) is 5.92 Å². The number of carbonyl (C=O) groups excluding carboxylic acids is 2. The van der Waals surface area contributed by atoms with Crippen molar-refractivity contribution in [2.24, 2.45) is 5.92 Å². The molecule has 0 N–H and O–H groups in total. The van der Waals surface area contributed by atoms with Crippen molar-refractivity contribution in [3.05, 3.63) is 35.4 Å². The largest absolute Gasteiger partial charge is 0.462 e. The fourth-order valence-corrected chi connectivity index (χ4v) is 1.11. The number of hydrogen-bond donors (Lipinski definition) is 0. The number of aldehydes is 1. The molecule has 0 aromatic heterocycles. The van der Waals surface area contributed by atoms with Gasteiger partial charge in [0.2, 0.25) is 0 Å². The topological polar surface area (TPSA) is 43.4 Å². The van der Waals surface area contributed by atoms with Gasteiger partial charge in [-0.05, 0) is 12.0 Å².